The van der Waals surface area contributed by atoms with Crippen molar-refractivity contribution in [2.24, 2.45) is 0 Å². The van der Waals surface area contributed by atoms with Crippen LogP contribution >= 0.6 is 0 Å². The Balaban J connectivity index is 2.10. The minimum atomic E-state index is 0.0833. The molecule has 3 heteroatoms. The molecule has 2 aromatic rings. The zero-order chi connectivity index (χ0) is 12.8. The van der Waals surface area contributed by atoms with Crippen molar-refractivity contribution in [2.45, 2.75) is 19.8 Å². The first-order chi connectivity index (χ1) is 8.81. The van der Waals surface area contributed by atoms with Gasteiger partial charge in [-0.2, -0.15) is 5.10 Å². The van der Waals surface area contributed by atoms with E-state index in [2.05, 4.69) is 16.9 Å². The van der Waals surface area contributed by atoms with Gasteiger partial charge in [0.05, 0.1) is 17.4 Å². The quantitative estimate of drug-likeness (QED) is 0.606. The summed E-state index contributed by atoms with van der Waals surface area (Å²) in [5.74, 6) is 5.76. The number of para-hydroxylation sites is 1. The molecule has 1 aromatic carbocycles. The number of nitrogens with zero attached hydrogens (tertiary/aromatic N) is 2. The average Bonchev–Trinajstić information content (AvgIpc) is 2.89. The van der Waals surface area contributed by atoms with Crippen LogP contribution in [0.25, 0.3) is 5.69 Å². The maximum atomic E-state index is 11.8. The van der Waals surface area contributed by atoms with E-state index in [-0.39, 0.29) is 5.78 Å². The molecule has 1 aromatic heterocycles. The summed E-state index contributed by atoms with van der Waals surface area (Å²) in [6, 6.07) is 9.72. The van der Waals surface area contributed by atoms with Gasteiger partial charge in [0.1, 0.15) is 0 Å². The van der Waals surface area contributed by atoms with Crippen LogP contribution in [-0.4, -0.2) is 15.6 Å². The van der Waals surface area contributed by atoms with Crippen LogP contribution in [0.1, 0.15) is 30.1 Å². The van der Waals surface area contributed by atoms with Crippen molar-refractivity contribution in [1.29, 1.82) is 0 Å². The molecule has 0 aliphatic carbocycles. The van der Waals surface area contributed by atoms with Gasteiger partial charge >= 0.3 is 0 Å². The van der Waals surface area contributed by atoms with Gasteiger partial charge in [-0.05, 0) is 19.1 Å². The minimum Gasteiger partial charge on any atom is -0.294 e. The van der Waals surface area contributed by atoms with Crippen molar-refractivity contribution in [3.8, 4) is 17.5 Å². The molecule has 90 valence electrons. The summed E-state index contributed by atoms with van der Waals surface area (Å²) in [6.45, 7) is 1.78. The number of carbonyl (C=O) groups is 1. The molecule has 0 N–H and O–H groups in total. The average molecular weight is 238 g/mol. The van der Waals surface area contributed by atoms with Crippen LogP contribution in [0, 0.1) is 11.8 Å². The van der Waals surface area contributed by atoms with E-state index in [1.165, 1.54) is 0 Å². The second kappa shape index (κ2) is 5.83. The standard InChI is InChI=1S/C15H14N2O/c1-2-3-5-10-15(18)13-11-16-17(12-13)14-8-6-4-7-9-14/h4,6-9,11-12H,5,10H2,1H3. The maximum Gasteiger partial charge on any atom is 0.166 e. The number of rotatable bonds is 4. The molecular formula is C15H14N2O. The molecule has 0 aliphatic heterocycles. The van der Waals surface area contributed by atoms with Crippen molar-refractivity contribution in [3.05, 3.63) is 48.3 Å². The monoisotopic (exact) mass is 238 g/mol. The smallest absolute Gasteiger partial charge is 0.166 e. The topological polar surface area (TPSA) is 34.9 Å². The van der Waals surface area contributed by atoms with E-state index in [0.717, 1.165) is 5.69 Å². The van der Waals surface area contributed by atoms with Gasteiger partial charge in [0, 0.05) is 19.0 Å². The lowest BCUT2D eigenvalue weighted by atomic mass is 10.1. The molecule has 0 radical (unpaired) electrons. The lowest BCUT2D eigenvalue weighted by Gasteiger charge is -1.98. The highest BCUT2D eigenvalue weighted by Gasteiger charge is 2.08. The molecule has 0 bridgehead atoms. The van der Waals surface area contributed by atoms with Crippen LogP contribution in [-0.2, 0) is 0 Å². The molecule has 0 saturated heterocycles. The number of hydrogen-bond donors (Lipinski definition) is 0. The van der Waals surface area contributed by atoms with Crippen LogP contribution in [0.2, 0.25) is 0 Å². The fourth-order valence-corrected chi connectivity index (χ4v) is 1.63. The molecule has 0 spiro atoms. The van der Waals surface area contributed by atoms with E-state index in [4.69, 9.17) is 0 Å². The Kier molecular flexibility index (Phi) is 3.93. The first kappa shape index (κ1) is 12.1. The Labute approximate surface area is 106 Å². The van der Waals surface area contributed by atoms with Gasteiger partial charge in [-0.3, -0.25) is 4.79 Å². The first-order valence-electron chi connectivity index (χ1n) is 5.84. The molecule has 0 aliphatic rings. The summed E-state index contributed by atoms with van der Waals surface area (Å²) >= 11 is 0. The second-order valence-electron chi connectivity index (χ2n) is 3.86. The van der Waals surface area contributed by atoms with E-state index in [1.54, 1.807) is 24.0 Å². The minimum absolute atomic E-state index is 0.0833. The van der Waals surface area contributed by atoms with Crippen molar-refractivity contribution in [2.75, 3.05) is 0 Å². The molecule has 18 heavy (non-hydrogen) atoms. The van der Waals surface area contributed by atoms with Gasteiger partial charge in [0.2, 0.25) is 0 Å². The van der Waals surface area contributed by atoms with Crippen LogP contribution in [0.3, 0.4) is 0 Å². The summed E-state index contributed by atoms with van der Waals surface area (Å²) in [7, 11) is 0. The first-order valence-corrected chi connectivity index (χ1v) is 5.84. The molecule has 3 nitrogen and oxygen atoms in total. The number of ketones is 1. The van der Waals surface area contributed by atoms with Crippen molar-refractivity contribution < 1.29 is 4.79 Å². The molecule has 0 fully saturated rings. The fraction of sp³-hybridized carbons (Fsp3) is 0.200. The zero-order valence-electron chi connectivity index (χ0n) is 10.3. The third-order valence-electron chi connectivity index (χ3n) is 2.58. The molecular weight excluding hydrogens is 224 g/mol. The summed E-state index contributed by atoms with van der Waals surface area (Å²) in [4.78, 5) is 11.8. The Morgan fingerprint density at radius 1 is 1.33 bits per heavy atom. The van der Waals surface area contributed by atoms with Gasteiger partial charge in [0.25, 0.3) is 0 Å². The molecule has 0 atom stereocenters. The fourth-order valence-electron chi connectivity index (χ4n) is 1.63. The number of hydrogen-bond acceptors (Lipinski definition) is 2. The lowest BCUT2D eigenvalue weighted by Crippen LogP contribution is -1.97. The molecule has 0 unspecified atom stereocenters. The number of Topliss-reactive ketones (excluding diaryl/α,β-unsaturated/α-hetero) is 1. The van der Waals surface area contributed by atoms with Gasteiger partial charge < -0.3 is 0 Å². The van der Waals surface area contributed by atoms with Gasteiger partial charge in [0.15, 0.2) is 5.78 Å². The summed E-state index contributed by atoms with van der Waals surface area (Å²) < 4.78 is 1.71. The van der Waals surface area contributed by atoms with E-state index < -0.39 is 0 Å². The van der Waals surface area contributed by atoms with E-state index in [0.29, 0.717) is 18.4 Å². The van der Waals surface area contributed by atoms with Crippen molar-refractivity contribution >= 4 is 5.78 Å². The largest absolute Gasteiger partial charge is 0.294 e. The van der Waals surface area contributed by atoms with E-state index in [1.807, 2.05) is 30.3 Å². The normalized spacial score (nSPS) is 9.61. The number of benzene rings is 1. The Hall–Kier alpha value is -2.34. The van der Waals surface area contributed by atoms with Gasteiger partial charge in [-0.1, -0.05) is 18.2 Å². The molecule has 0 amide bonds. The van der Waals surface area contributed by atoms with Gasteiger partial charge in [-0.25, -0.2) is 4.68 Å². The van der Waals surface area contributed by atoms with Crippen LogP contribution < -0.4 is 0 Å². The highest BCUT2D eigenvalue weighted by molar-refractivity contribution is 5.95. The third-order valence-corrected chi connectivity index (χ3v) is 2.58. The van der Waals surface area contributed by atoms with Crippen molar-refractivity contribution in [3.63, 3.8) is 0 Å². The Morgan fingerprint density at radius 2 is 2.11 bits per heavy atom. The summed E-state index contributed by atoms with van der Waals surface area (Å²) in [6.07, 6.45) is 4.42. The summed E-state index contributed by atoms with van der Waals surface area (Å²) in [5, 5.41) is 4.20. The Bertz CT molecular complexity index is 588. The van der Waals surface area contributed by atoms with E-state index in [9.17, 15) is 4.79 Å². The highest BCUT2D eigenvalue weighted by Crippen LogP contribution is 2.09. The predicted octanol–water partition coefficient (Wildman–Crippen LogP) is 2.86. The van der Waals surface area contributed by atoms with E-state index >= 15 is 0 Å². The molecule has 1 heterocycles. The molecule has 2 rings (SSSR count). The maximum absolute atomic E-state index is 11.8. The SMILES string of the molecule is CC#CCCC(=O)c1cnn(-c2ccccc2)c1. The highest BCUT2D eigenvalue weighted by atomic mass is 16.1. The summed E-state index contributed by atoms with van der Waals surface area (Å²) in [5.41, 5.74) is 1.58. The lowest BCUT2D eigenvalue weighted by molar-refractivity contribution is 0.0984. The van der Waals surface area contributed by atoms with Crippen molar-refractivity contribution in [1.82, 2.24) is 9.78 Å². The number of aromatic nitrogens is 2. The molecule has 0 saturated carbocycles. The van der Waals surface area contributed by atoms with Gasteiger partial charge in [-0.15, -0.1) is 11.8 Å². The number of carbonyl (C=O) groups excluding carboxylic acids is 1. The Morgan fingerprint density at radius 3 is 2.83 bits per heavy atom. The van der Waals surface area contributed by atoms with Crippen LogP contribution in [0.5, 0.6) is 0 Å². The zero-order valence-corrected chi connectivity index (χ0v) is 10.3. The third kappa shape index (κ3) is 2.86. The van der Waals surface area contributed by atoms with Crippen LogP contribution in [0.15, 0.2) is 42.7 Å². The predicted molar refractivity (Wildman–Crippen MR) is 70.6 cm³/mol. The second-order valence-corrected chi connectivity index (χ2v) is 3.86. The van der Waals surface area contributed by atoms with Crippen LogP contribution in [0.4, 0.5) is 0 Å².